The van der Waals surface area contributed by atoms with Crippen molar-refractivity contribution in [1.82, 2.24) is 20.0 Å². The van der Waals surface area contributed by atoms with Crippen LogP contribution in [0, 0.1) is 5.82 Å². The molecule has 2 aromatic rings. The van der Waals surface area contributed by atoms with E-state index in [2.05, 4.69) is 15.5 Å². The smallest absolute Gasteiger partial charge is 0.264 e. The second kappa shape index (κ2) is 19.6. The van der Waals surface area contributed by atoms with Crippen molar-refractivity contribution in [2.75, 3.05) is 98.5 Å². The van der Waals surface area contributed by atoms with Gasteiger partial charge >= 0.3 is 0 Å². The number of anilines is 1. The SMILES string of the molecule is COc1ccc(F)c(C(=O)NC2CCN(CCOCCOCCOCCOCCNc3cccc4c3C(=O)N(C3CCC(=O)N(C)C3=O)C4=O)CC2)c1. The van der Waals surface area contributed by atoms with Crippen molar-refractivity contribution in [2.24, 2.45) is 0 Å². The number of nitrogens with one attached hydrogen (secondary N) is 2. The van der Waals surface area contributed by atoms with E-state index in [1.807, 2.05) is 0 Å². The number of halogens is 1. The van der Waals surface area contributed by atoms with Gasteiger partial charge < -0.3 is 39.2 Å². The van der Waals surface area contributed by atoms with E-state index in [-0.39, 0.29) is 41.5 Å². The quantitative estimate of drug-likeness (QED) is 0.150. The number of likely N-dealkylation sites (tertiary alicyclic amines) is 2. The summed E-state index contributed by atoms with van der Waals surface area (Å²) in [7, 11) is 2.83. The average molecular weight is 742 g/mol. The normalized spacial score (nSPS) is 18.1. The third-order valence-electron chi connectivity index (χ3n) is 9.45. The molecule has 3 aliphatic heterocycles. The molecule has 0 spiro atoms. The Labute approximate surface area is 308 Å². The van der Waals surface area contributed by atoms with Crippen LogP contribution in [0.25, 0.3) is 0 Å². The van der Waals surface area contributed by atoms with Crippen LogP contribution in [0.1, 0.15) is 56.8 Å². The third-order valence-corrected chi connectivity index (χ3v) is 9.45. The van der Waals surface area contributed by atoms with Crippen molar-refractivity contribution in [3.8, 4) is 5.75 Å². The summed E-state index contributed by atoms with van der Waals surface area (Å²) in [5, 5.41) is 6.08. The van der Waals surface area contributed by atoms with Gasteiger partial charge in [0.2, 0.25) is 5.91 Å². The first kappa shape index (κ1) is 39.7. The monoisotopic (exact) mass is 741 g/mol. The summed E-state index contributed by atoms with van der Waals surface area (Å²) in [4.78, 5) is 67.7. The number of benzene rings is 2. The van der Waals surface area contributed by atoms with E-state index >= 15 is 0 Å². The minimum atomic E-state index is -1.00. The first-order chi connectivity index (χ1) is 25.7. The molecule has 2 aromatic carbocycles. The molecule has 0 bridgehead atoms. The fourth-order valence-corrected chi connectivity index (χ4v) is 6.45. The van der Waals surface area contributed by atoms with Gasteiger partial charge in [-0.2, -0.15) is 0 Å². The largest absolute Gasteiger partial charge is 0.497 e. The molecular formula is C37H48FN5O10. The molecule has 2 fully saturated rings. The maximum atomic E-state index is 14.1. The lowest BCUT2D eigenvalue weighted by molar-refractivity contribution is -0.149. The number of hydrogen-bond donors (Lipinski definition) is 2. The molecule has 0 radical (unpaired) electrons. The summed E-state index contributed by atoms with van der Waals surface area (Å²) < 4.78 is 41.6. The van der Waals surface area contributed by atoms with E-state index in [4.69, 9.17) is 23.7 Å². The minimum Gasteiger partial charge on any atom is -0.497 e. The van der Waals surface area contributed by atoms with Gasteiger partial charge in [0.1, 0.15) is 17.6 Å². The zero-order chi connectivity index (χ0) is 37.7. The van der Waals surface area contributed by atoms with Crippen molar-refractivity contribution in [3.05, 3.63) is 58.9 Å². The van der Waals surface area contributed by atoms with Crippen LogP contribution in [-0.4, -0.2) is 150 Å². The number of carbonyl (C=O) groups is 5. The summed E-state index contributed by atoms with van der Waals surface area (Å²) >= 11 is 0. The summed E-state index contributed by atoms with van der Waals surface area (Å²) in [5.74, 6) is -2.56. The Morgan fingerprint density at radius 1 is 0.849 bits per heavy atom. The first-order valence-corrected chi connectivity index (χ1v) is 17.9. The number of imide groups is 2. The van der Waals surface area contributed by atoms with E-state index in [1.54, 1.807) is 18.2 Å². The maximum Gasteiger partial charge on any atom is 0.264 e. The number of likely N-dealkylation sites (N-methyl/N-ethyl adjacent to an activating group) is 1. The predicted molar refractivity (Wildman–Crippen MR) is 189 cm³/mol. The number of carbonyl (C=O) groups excluding carboxylic acids is 5. The number of piperidine rings is 2. The Kier molecular flexibility index (Phi) is 14.7. The zero-order valence-electron chi connectivity index (χ0n) is 30.2. The van der Waals surface area contributed by atoms with Crippen LogP contribution >= 0.6 is 0 Å². The van der Waals surface area contributed by atoms with Crippen LogP contribution in [0.3, 0.4) is 0 Å². The van der Waals surface area contributed by atoms with Crippen LogP contribution in [0.15, 0.2) is 36.4 Å². The van der Waals surface area contributed by atoms with Crippen molar-refractivity contribution in [1.29, 1.82) is 0 Å². The Bertz CT molecular complexity index is 1620. The molecule has 0 saturated carbocycles. The highest BCUT2D eigenvalue weighted by Gasteiger charge is 2.47. The van der Waals surface area contributed by atoms with Crippen LogP contribution in [0.2, 0.25) is 0 Å². The maximum absolute atomic E-state index is 14.1. The Morgan fingerprint density at radius 2 is 1.51 bits per heavy atom. The number of rotatable bonds is 20. The van der Waals surface area contributed by atoms with E-state index in [9.17, 15) is 28.4 Å². The molecule has 5 rings (SSSR count). The molecular weight excluding hydrogens is 693 g/mol. The lowest BCUT2D eigenvalue weighted by Crippen LogP contribution is -2.54. The molecule has 53 heavy (non-hydrogen) atoms. The Hall–Kier alpha value is -4.48. The van der Waals surface area contributed by atoms with Crippen molar-refractivity contribution >= 4 is 35.2 Å². The first-order valence-electron chi connectivity index (χ1n) is 17.9. The molecule has 5 amide bonds. The molecule has 288 valence electrons. The molecule has 3 aliphatic rings. The van der Waals surface area contributed by atoms with E-state index in [1.165, 1.54) is 32.4 Å². The summed E-state index contributed by atoms with van der Waals surface area (Å²) in [6, 6.07) is 8.04. The van der Waals surface area contributed by atoms with E-state index < -0.39 is 35.5 Å². The van der Waals surface area contributed by atoms with Crippen LogP contribution < -0.4 is 15.4 Å². The van der Waals surface area contributed by atoms with Crippen molar-refractivity contribution in [2.45, 2.75) is 37.8 Å². The lowest BCUT2D eigenvalue weighted by Gasteiger charge is -2.32. The number of nitrogens with zero attached hydrogens (tertiary/aromatic N) is 3. The minimum absolute atomic E-state index is 0.0138. The Morgan fingerprint density at radius 3 is 2.19 bits per heavy atom. The second-order valence-electron chi connectivity index (χ2n) is 12.9. The lowest BCUT2D eigenvalue weighted by atomic mass is 10.0. The average Bonchev–Trinajstić information content (AvgIpc) is 3.42. The van der Waals surface area contributed by atoms with Crippen molar-refractivity contribution in [3.63, 3.8) is 0 Å². The predicted octanol–water partition coefficient (Wildman–Crippen LogP) is 1.95. The van der Waals surface area contributed by atoms with E-state index in [0.717, 1.165) is 42.3 Å². The third kappa shape index (κ3) is 10.4. The molecule has 2 saturated heterocycles. The number of amides is 5. The topological polar surface area (TPSA) is 165 Å². The number of hydrogen-bond acceptors (Lipinski definition) is 12. The number of ether oxygens (including phenoxy) is 5. The fraction of sp³-hybridized carbons (Fsp3) is 0.541. The van der Waals surface area contributed by atoms with Gasteiger partial charge in [0.15, 0.2) is 0 Å². The van der Waals surface area contributed by atoms with Gasteiger partial charge in [-0.1, -0.05) is 6.07 Å². The standard InChI is InChI=1S/C37H48FN5O10/c1-41-32(44)9-8-31(36(41)47)43-35(46)27-4-3-5-30(33(27)37(43)48)39-12-16-50-18-20-52-22-23-53-21-19-51-17-15-42-13-10-25(11-14-42)40-34(45)28-24-26(49-2)6-7-29(28)38/h3-7,24-25,31,39H,8-23H2,1-2H3,(H,40,45). The summed E-state index contributed by atoms with van der Waals surface area (Å²) in [6.07, 6.45) is 1.75. The van der Waals surface area contributed by atoms with Crippen LogP contribution in [0.5, 0.6) is 5.75 Å². The number of fused-ring (bicyclic) bond motifs is 1. The van der Waals surface area contributed by atoms with Gasteiger partial charge in [-0.05, 0) is 49.6 Å². The highest BCUT2D eigenvalue weighted by molar-refractivity contribution is 6.25. The molecule has 0 aromatic heterocycles. The highest BCUT2D eigenvalue weighted by atomic mass is 19.1. The zero-order valence-corrected chi connectivity index (χ0v) is 30.2. The van der Waals surface area contributed by atoms with Gasteiger partial charge in [0, 0.05) is 51.4 Å². The highest BCUT2D eigenvalue weighted by Crippen LogP contribution is 2.33. The van der Waals surface area contributed by atoms with Gasteiger partial charge in [0.25, 0.3) is 23.6 Å². The van der Waals surface area contributed by atoms with Gasteiger partial charge in [-0.3, -0.25) is 33.8 Å². The van der Waals surface area contributed by atoms with Crippen LogP contribution in [0.4, 0.5) is 10.1 Å². The molecule has 1 atom stereocenters. The summed E-state index contributed by atoms with van der Waals surface area (Å²) in [6.45, 7) is 6.18. The summed E-state index contributed by atoms with van der Waals surface area (Å²) in [5.41, 5.74) is 0.894. The van der Waals surface area contributed by atoms with Gasteiger partial charge in [0.05, 0.1) is 76.7 Å². The Balaban J connectivity index is 0.846. The van der Waals surface area contributed by atoms with Crippen LogP contribution in [-0.2, 0) is 28.5 Å². The molecule has 1 unspecified atom stereocenters. The molecule has 16 heteroatoms. The van der Waals surface area contributed by atoms with E-state index in [0.29, 0.717) is 70.8 Å². The van der Waals surface area contributed by atoms with Crippen molar-refractivity contribution < 1.29 is 52.0 Å². The number of methoxy groups -OCH3 is 1. The fourth-order valence-electron chi connectivity index (χ4n) is 6.45. The van der Waals surface area contributed by atoms with Gasteiger partial charge in [-0.15, -0.1) is 0 Å². The second-order valence-corrected chi connectivity index (χ2v) is 12.9. The molecule has 3 heterocycles. The molecule has 15 nitrogen and oxygen atoms in total. The molecule has 0 aliphatic carbocycles. The van der Waals surface area contributed by atoms with Gasteiger partial charge in [-0.25, -0.2) is 4.39 Å². The molecule has 2 N–H and O–H groups in total.